The number of rotatable bonds is 6. The molecule has 70 valence electrons. The molecule has 0 saturated heterocycles. The van der Waals surface area contributed by atoms with Crippen molar-refractivity contribution in [1.29, 1.82) is 0 Å². The molecular weight excluding hydrogens is 150 g/mol. The second-order valence-corrected chi connectivity index (χ2v) is 2.98. The molecule has 0 aromatic carbocycles. The number of hydrogen-bond donors (Lipinski definition) is 0. The van der Waals surface area contributed by atoms with Gasteiger partial charge in [-0.2, -0.15) is 0 Å². The first-order valence-corrected chi connectivity index (χ1v) is 4.52. The van der Waals surface area contributed by atoms with Crippen LogP contribution in [-0.4, -0.2) is 30.3 Å². The van der Waals surface area contributed by atoms with Gasteiger partial charge in [0.1, 0.15) is 0 Å². The molecule has 0 fully saturated rings. The molecule has 0 aliphatic carbocycles. The summed E-state index contributed by atoms with van der Waals surface area (Å²) in [5.41, 5.74) is 0.669. The van der Waals surface area contributed by atoms with Crippen LogP contribution in [0.1, 0.15) is 27.2 Å². The third-order valence-electron chi connectivity index (χ3n) is 2.03. The number of nitrogens with zero attached hydrogens (tertiary/aromatic N) is 1. The van der Waals surface area contributed by atoms with Crippen molar-refractivity contribution in [3.8, 4) is 0 Å². The maximum Gasteiger partial charge on any atom is 0.159 e. The second kappa shape index (κ2) is 5.95. The highest BCUT2D eigenvalue weighted by molar-refractivity contribution is 5.94. The molecule has 0 aliphatic heterocycles. The molecule has 0 unspecified atom stereocenters. The molecule has 12 heavy (non-hydrogen) atoms. The maximum absolute atomic E-state index is 11.2. The van der Waals surface area contributed by atoms with Crippen molar-refractivity contribution in [2.24, 2.45) is 0 Å². The topological polar surface area (TPSA) is 20.3 Å². The van der Waals surface area contributed by atoms with Gasteiger partial charge in [0.05, 0.1) is 0 Å². The number of Topliss-reactive ketones (excluding diaryl/α,β-unsaturated/α-hetero) is 1. The minimum atomic E-state index is 0.182. The lowest BCUT2D eigenvalue weighted by Crippen LogP contribution is -2.25. The molecule has 0 aromatic rings. The first-order valence-electron chi connectivity index (χ1n) is 4.52. The van der Waals surface area contributed by atoms with Crippen LogP contribution >= 0.6 is 0 Å². The van der Waals surface area contributed by atoms with Gasteiger partial charge in [-0.3, -0.25) is 4.79 Å². The summed E-state index contributed by atoms with van der Waals surface area (Å²) in [6.45, 7) is 12.5. The summed E-state index contributed by atoms with van der Waals surface area (Å²) < 4.78 is 0. The molecule has 0 rings (SSSR count). The average molecular weight is 169 g/mol. The van der Waals surface area contributed by atoms with Gasteiger partial charge < -0.3 is 4.90 Å². The smallest absolute Gasteiger partial charge is 0.159 e. The predicted octanol–water partition coefficient (Wildman–Crippen LogP) is 1.86. The van der Waals surface area contributed by atoms with E-state index >= 15 is 0 Å². The average Bonchev–Trinajstić information content (AvgIpc) is 2.05. The Morgan fingerprint density at radius 3 is 2.17 bits per heavy atom. The lowest BCUT2D eigenvalue weighted by Gasteiger charge is -2.16. The normalized spacial score (nSPS) is 10.3. The highest BCUT2D eigenvalue weighted by atomic mass is 16.1. The van der Waals surface area contributed by atoms with Gasteiger partial charge in [-0.15, -0.1) is 0 Å². The first-order chi connectivity index (χ1) is 5.61. The molecule has 2 nitrogen and oxygen atoms in total. The Morgan fingerprint density at radius 1 is 1.33 bits per heavy atom. The molecule has 0 radical (unpaired) electrons. The maximum atomic E-state index is 11.2. The molecule has 0 aliphatic rings. The van der Waals surface area contributed by atoms with E-state index in [0.29, 0.717) is 12.0 Å². The van der Waals surface area contributed by atoms with E-state index in [1.807, 2.05) is 0 Å². The number of ketones is 1. The Balaban J connectivity index is 3.66. The van der Waals surface area contributed by atoms with Crippen LogP contribution in [-0.2, 0) is 4.79 Å². The van der Waals surface area contributed by atoms with Gasteiger partial charge in [-0.05, 0) is 25.6 Å². The van der Waals surface area contributed by atoms with Crippen molar-refractivity contribution < 1.29 is 4.79 Å². The quantitative estimate of drug-likeness (QED) is 0.566. The number of hydrogen-bond acceptors (Lipinski definition) is 2. The van der Waals surface area contributed by atoms with Gasteiger partial charge in [0.15, 0.2) is 5.78 Å². The molecule has 0 atom stereocenters. The molecule has 0 saturated carbocycles. The first kappa shape index (κ1) is 11.4. The van der Waals surface area contributed by atoms with E-state index in [1.54, 1.807) is 6.92 Å². The Morgan fingerprint density at radius 2 is 1.83 bits per heavy atom. The lowest BCUT2D eigenvalue weighted by molar-refractivity contribution is -0.115. The minimum absolute atomic E-state index is 0.182. The summed E-state index contributed by atoms with van der Waals surface area (Å²) in [6, 6.07) is 0. The fraction of sp³-hybridized carbons (Fsp3) is 0.700. The summed E-state index contributed by atoms with van der Waals surface area (Å²) in [5.74, 6) is 0.182. The van der Waals surface area contributed by atoms with E-state index in [2.05, 4.69) is 25.3 Å². The van der Waals surface area contributed by atoms with E-state index in [4.69, 9.17) is 0 Å². The van der Waals surface area contributed by atoms with Gasteiger partial charge in [0.25, 0.3) is 0 Å². The summed E-state index contributed by atoms with van der Waals surface area (Å²) in [7, 11) is 0. The van der Waals surface area contributed by atoms with Crippen molar-refractivity contribution in [3.05, 3.63) is 12.2 Å². The van der Waals surface area contributed by atoms with E-state index < -0.39 is 0 Å². The zero-order valence-corrected chi connectivity index (χ0v) is 8.39. The molecule has 2 heteroatoms. The molecule has 0 aromatic heterocycles. The van der Waals surface area contributed by atoms with Gasteiger partial charge in [-0.25, -0.2) is 0 Å². The van der Waals surface area contributed by atoms with Crippen LogP contribution < -0.4 is 0 Å². The lowest BCUT2D eigenvalue weighted by atomic mass is 10.1. The van der Waals surface area contributed by atoms with E-state index in [-0.39, 0.29) is 5.78 Å². The van der Waals surface area contributed by atoms with Crippen molar-refractivity contribution >= 4 is 5.78 Å². The highest BCUT2D eigenvalue weighted by Gasteiger charge is 2.04. The van der Waals surface area contributed by atoms with Crippen molar-refractivity contribution in [2.75, 3.05) is 19.6 Å². The SMILES string of the molecule is C=C(C)C(=O)CCN(CC)CC. The molecule has 0 amide bonds. The summed E-state index contributed by atoms with van der Waals surface area (Å²) >= 11 is 0. The van der Waals surface area contributed by atoms with Gasteiger partial charge in [-0.1, -0.05) is 20.4 Å². The highest BCUT2D eigenvalue weighted by Crippen LogP contribution is 1.97. The van der Waals surface area contributed by atoms with Gasteiger partial charge in [0, 0.05) is 13.0 Å². The standard InChI is InChI=1S/C10H19NO/c1-5-11(6-2)8-7-10(12)9(3)4/h3,5-8H2,1-2,4H3. The van der Waals surface area contributed by atoms with Crippen LogP contribution in [0.4, 0.5) is 0 Å². The number of carbonyl (C=O) groups is 1. The molecular formula is C10H19NO. The largest absolute Gasteiger partial charge is 0.303 e. The molecule has 0 spiro atoms. The Hall–Kier alpha value is -0.630. The molecule has 0 heterocycles. The minimum Gasteiger partial charge on any atom is -0.303 e. The fourth-order valence-electron chi connectivity index (χ4n) is 1.01. The summed E-state index contributed by atoms with van der Waals surface area (Å²) in [4.78, 5) is 13.4. The molecule has 0 bridgehead atoms. The monoisotopic (exact) mass is 169 g/mol. The third kappa shape index (κ3) is 4.29. The Labute approximate surface area is 75.3 Å². The van der Waals surface area contributed by atoms with E-state index in [0.717, 1.165) is 19.6 Å². The van der Waals surface area contributed by atoms with Gasteiger partial charge >= 0.3 is 0 Å². The fourth-order valence-corrected chi connectivity index (χ4v) is 1.01. The van der Waals surface area contributed by atoms with Crippen LogP contribution in [0.3, 0.4) is 0 Å². The predicted molar refractivity (Wildman–Crippen MR) is 52.2 cm³/mol. The number of allylic oxidation sites excluding steroid dienone is 1. The van der Waals surface area contributed by atoms with Crippen molar-refractivity contribution in [3.63, 3.8) is 0 Å². The van der Waals surface area contributed by atoms with E-state index in [1.165, 1.54) is 0 Å². The Bertz CT molecular complexity index is 159. The van der Waals surface area contributed by atoms with Crippen molar-refractivity contribution in [2.45, 2.75) is 27.2 Å². The summed E-state index contributed by atoms with van der Waals surface area (Å²) in [5, 5.41) is 0. The van der Waals surface area contributed by atoms with Crippen LogP contribution in [0.2, 0.25) is 0 Å². The van der Waals surface area contributed by atoms with Crippen LogP contribution in [0.15, 0.2) is 12.2 Å². The molecule has 0 N–H and O–H groups in total. The summed E-state index contributed by atoms with van der Waals surface area (Å²) in [6.07, 6.45) is 0.608. The van der Waals surface area contributed by atoms with Crippen molar-refractivity contribution in [1.82, 2.24) is 4.90 Å². The van der Waals surface area contributed by atoms with Crippen LogP contribution in [0, 0.1) is 0 Å². The zero-order valence-electron chi connectivity index (χ0n) is 8.39. The van der Waals surface area contributed by atoms with Gasteiger partial charge in [0.2, 0.25) is 0 Å². The second-order valence-electron chi connectivity index (χ2n) is 2.98. The number of carbonyl (C=O) groups excluding carboxylic acids is 1. The van der Waals surface area contributed by atoms with Crippen LogP contribution in [0.25, 0.3) is 0 Å². The van der Waals surface area contributed by atoms with E-state index in [9.17, 15) is 4.79 Å². The van der Waals surface area contributed by atoms with Crippen LogP contribution in [0.5, 0.6) is 0 Å². The third-order valence-corrected chi connectivity index (χ3v) is 2.03. The zero-order chi connectivity index (χ0) is 9.56. The Kier molecular flexibility index (Phi) is 5.64.